The summed E-state index contributed by atoms with van der Waals surface area (Å²) in [7, 11) is 0. The fourth-order valence-corrected chi connectivity index (χ4v) is 1.46. The van der Waals surface area contributed by atoms with Gasteiger partial charge in [0.2, 0.25) is 5.90 Å². The zero-order chi connectivity index (χ0) is 9.84. The third kappa shape index (κ3) is 2.71. The molecule has 0 fully saturated rings. The molecule has 1 N–H and O–H groups in total. The first-order valence-corrected chi connectivity index (χ1v) is 4.99. The summed E-state index contributed by atoms with van der Waals surface area (Å²) in [5.41, 5.74) is 0.609. The predicted molar refractivity (Wildman–Crippen MR) is 57.6 cm³/mol. The molecule has 0 aliphatic carbocycles. The Morgan fingerprint density at radius 1 is 1.62 bits per heavy atom. The molecule has 70 valence electrons. The van der Waals surface area contributed by atoms with E-state index >= 15 is 0 Å². The Balaban J connectivity index is 2.99. The molecule has 0 atom stereocenters. The van der Waals surface area contributed by atoms with Crippen LogP contribution in [0.25, 0.3) is 0 Å². The lowest BCUT2D eigenvalue weighted by Gasteiger charge is -2.06. The average molecular weight is 263 g/mol. The first-order chi connectivity index (χ1) is 6.15. The van der Waals surface area contributed by atoms with Crippen molar-refractivity contribution in [2.24, 2.45) is 0 Å². The molecule has 0 bridgehead atoms. The topological polar surface area (TPSA) is 33.1 Å². The van der Waals surface area contributed by atoms with Crippen LogP contribution in [0.4, 0.5) is 0 Å². The van der Waals surface area contributed by atoms with Crippen molar-refractivity contribution in [3.05, 3.63) is 33.3 Å². The lowest BCUT2D eigenvalue weighted by Crippen LogP contribution is -2.05. The highest BCUT2D eigenvalue weighted by molar-refractivity contribution is 9.10. The fourth-order valence-electron chi connectivity index (χ4n) is 0.894. The summed E-state index contributed by atoms with van der Waals surface area (Å²) < 4.78 is 5.93. The van der Waals surface area contributed by atoms with Gasteiger partial charge in [0, 0.05) is 4.47 Å². The van der Waals surface area contributed by atoms with Crippen molar-refractivity contribution in [3.8, 4) is 0 Å². The van der Waals surface area contributed by atoms with Crippen LogP contribution in [0, 0.1) is 5.41 Å². The van der Waals surface area contributed by atoms with Gasteiger partial charge in [-0.2, -0.15) is 0 Å². The molecule has 0 saturated carbocycles. The molecule has 0 saturated heterocycles. The second-order valence-electron chi connectivity index (χ2n) is 2.39. The number of hydrogen-bond donors (Lipinski definition) is 1. The van der Waals surface area contributed by atoms with Gasteiger partial charge in [-0.25, -0.2) is 0 Å². The number of rotatable bonds is 2. The van der Waals surface area contributed by atoms with E-state index in [0.717, 1.165) is 4.47 Å². The van der Waals surface area contributed by atoms with Crippen molar-refractivity contribution in [1.82, 2.24) is 0 Å². The molecule has 0 heterocycles. The van der Waals surface area contributed by atoms with Gasteiger partial charge in [0.05, 0.1) is 17.2 Å². The van der Waals surface area contributed by atoms with E-state index in [1.807, 2.05) is 13.0 Å². The second-order valence-corrected chi connectivity index (χ2v) is 3.71. The first kappa shape index (κ1) is 10.5. The molecule has 1 rings (SSSR count). The number of halogens is 2. The van der Waals surface area contributed by atoms with Crippen molar-refractivity contribution >= 4 is 33.4 Å². The molecular weight excluding hydrogens is 253 g/mol. The molecule has 0 spiro atoms. The standard InChI is InChI=1S/C9H9BrClNO/c1-2-13-9(12)7-5-6(10)3-4-8(7)11/h3-5,12H,2H2,1H3. The van der Waals surface area contributed by atoms with E-state index in [0.29, 0.717) is 17.2 Å². The Morgan fingerprint density at radius 2 is 2.31 bits per heavy atom. The van der Waals surface area contributed by atoms with Gasteiger partial charge >= 0.3 is 0 Å². The number of benzene rings is 1. The number of hydrogen-bond acceptors (Lipinski definition) is 2. The van der Waals surface area contributed by atoms with Gasteiger partial charge in [-0.05, 0) is 25.1 Å². The van der Waals surface area contributed by atoms with E-state index < -0.39 is 0 Å². The maximum absolute atomic E-state index is 7.54. The lowest BCUT2D eigenvalue weighted by atomic mass is 10.2. The third-order valence-electron chi connectivity index (χ3n) is 1.46. The second kappa shape index (κ2) is 4.63. The minimum atomic E-state index is 0.105. The van der Waals surface area contributed by atoms with Crippen LogP contribution in [0.3, 0.4) is 0 Å². The van der Waals surface area contributed by atoms with E-state index in [4.69, 9.17) is 21.7 Å². The first-order valence-electron chi connectivity index (χ1n) is 3.82. The van der Waals surface area contributed by atoms with E-state index in [9.17, 15) is 0 Å². The fraction of sp³-hybridized carbons (Fsp3) is 0.222. The number of nitrogens with one attached hydrogen (secondary N) is 1. The van der Waals surface area contributed by atoms with Gasteiger partial charge in [0.25, 0.3) is 0 Å². The molecule has 1 aromatic carbocycles. The molecule has 1 aromatic rings. The maximum atomic E-state index is 7.54. The maximum Gasteiger partial charge on any atom is 0.214 e. The summed E-state index contributed by atoms with van der Waals surface area (Å²) in [6, 6.07) is 5.32. The van der Waals surface area contributed by atoms with Crippen molar-refractivity contribution in [2.75, 3.05) is 6.61 Å². The normalized spacial score (nSPS) is 9.77. The van der Waals surface area contributed by atoms with Crippen LogP contribution < -0.4 is 0 Å². The van der Waals surface area contributed by atoms with Gasteiger partial charge in [-0.15, -0.1) is 0 Å². The highest BCUT2D eigenvalue weighted by Gasteiger charge is 2.07. The molecule has 13 heavy (non-hydrogen) atoms. The summed E-state index contributed by atoms with van der Waals surface area (Å²) in [5, 5.41) is 8.07. The van der Waals surface area contributed by atoms with E-state index in [-0.39, 0.29) is 5.90 Å². The lowest BCUT2D eigenvalue weighted by molar-refractivity contribution is 0.325. The van der Waals surface area contributed by atoms with Crippen molar-refractivity contribution in [2.45, 2.75) is 6.92 Å². The van der Waals surface area contributed by atoms with Crippen LogP contribution in [-0.4, -0.2) is 12.5 Å². The zero-order valence-electron chi connectivity index (χ0n) is 7.10. The molecule has 2 nitrogen and oxygen atoms in total. The Morgan fingerprint density at radius 3 is 2.92 bits per heavy atom. The minimum Gasteiger partial charge on any atom is -0.478 e. The molecule has 0 aliphatic rings. The zero-order valence-corrected chi connectivity index (χ0v) is 9.45. The molecule has 0 unspecified atom stereocenters. The summed E-state index contributed by atoms with van der Waals surface area (Å²) in [6.45, 7) is 2.31. The van der Waals surface area contributed by atoms with Crippen LogP contribution >= 0.6 is 27.5 Å². The van der Waals surface area contributed by atoms with Crippen molar-refractivity contribution < 1.29 is 4.74 Å². The Hall–Kier alpha value is -0.540. The molecule has 0 aromatic heterocycles. The van der Waals surface area contributed by atoms with Gasteiger partial charge in [-0.3, -0.25) is 5.41 Å². The minimum absolute atomic E-state index is 0.105. The Kier molecular flexibility index (Phi) is 3.75. The van der Waals surface area contributed by atoms with Crippen LogP contribution in [0.1, 0.15) is 12.5 Å². The summed E-state index contributed by atoms with van der Waals surface area (Å²) in [5.74, 6) is 0.105. The average Bonchev–Trinajstić information content (AvgIpc) is 2.09. The Labute approximate surface area is 90.5 Å². The SMILES string of the molecule is CCOC(=N)c1cc(Br)ccc1Cl. The Bertz CT molecular complexity index is 327. The van der Waals surface area contributed by atoms with E-state index in [2.05, 4.69) is 15.9 Å². The van der Waals surface area contributed by atoms with Crippen LogP contribution in [0.5, 0.6) is 0 Å². The van der Waals surface area contributed by atoms with Crippen molar-refractivity contribution in [1.29, 1.82) is 5.41 Å². The highest BCUT2D eigenvalue weighted by Crippen LogP contribution is 2.21. The van der Waals surface area contributed by atoms with Gasteiger partial charge in [0.15, 0.2) is 0 Å². The largest absolute Gasteiger partial charge is 0.478 e. The van der Waals surface area contributed by atoms with Gasteiger partial charge in [0.1, 0.15) is 0 Å². The van der Waals surface area contributed by atoms with Crippen molar-refractivity contribution in [3.63, 3.8) is 0 Å². The molecule has 0 aliphatic heterocycles. The molecule has 0 amide bonds. The predicted octanol–water partition coefficient (Wildman–Crippen LogP) is 3.46. The van der Waals surface area contributed by atoms with E-state index in [1.54, 1.807) is 12.1 Å². The summed E-state index contributed by atoms with van der Waals surface area (Å²) >= 11 is 9.19. The van der Waals surface area contributed by atoms with Gasteiger partial charge in [-0.1, -0.05) is 27.5 Å². The summed E-state index contributed by atoms with van der Waals surface area (Å²) in [4.78, 5) is 0. The quantitative estimate of drug-likeness (QED) is 0.642. The van der Waals surface area contributed by atoms with Crippen LogP contribution in [0.15, 0.2) is 22.7 Å². The number of ether oxygens (including phenoxy) is 1. The smallest absolute Gasteiger partial charge is 0.214 e. The third-order valence-corrected chi connectivity index (χ3v) is 2.28. The monoisotopic (exact) mass is 261 g/mol. The summed E-state index contributed by atoms with van der Waals surface area (Å²) in [6.07, 6.45) is 0. The van der Waals surface area contributed by atoms with E-state index in [1.165, 1.54) is 0 Å². The molecule has 4 heteroatoms. The van der Waals surface area contributed by atoms with Crippen LogP contribution in [-0.2, 0) is 4.74 Å². The molecular formula is C9H9BrClNO. The van der Waals surface area contributed by atoms with Gasteiger partial charge < -0.3 is 4.74 Å². The van der Waals surface area contributed by atoms with Crippen LogP contribution in [0.2, 0.25) is 5.02 Å². The highest BCUT2D eigenvalue weighted by atomic mass is 79.9. The molecule has 0 radical (unpaired) electrons.